The van der Waals surface area contributed by atoms with E-state index < -0.39 is 0 Å². The third-order valence-electron chi connectivity index (χ3n) is 3.66. The minimum atomic E-state index is 0.800. The smallest absolute Gasteiger partial charge is 0.132 e. The van der Waals surface area contributed by atoms with Crippen LogP contribution in [-0.4, -0.2) is 18.1 Å². The molecule has 1 aliphatic heterocycles. The summed E-state index contributed by atoms with van der Waals surface area (Å²) in [6.07, 6.45) is 3.90. The molecule has 0 amide bonds. The standard InChI is InChI=1S/C15H19N3/c1-11-9-12-10-13(16)5-6-14(12)17-15(11)18-7-3-2-4-8-18/h5-6,9-10H,2-4,7-8,16H2,1H3. The van der Waals surface area contributed by atoms with Crippen LogP contribution in [0.25, 0.3) is 10.9 Å². The first-order chi connectivity index (χ1) is 8.74. The second-order valence-electron chi connectivity index (χ2n) is 5.13. The van der Waals surface area contributed by atoms with Gasteiger partial charge in [-0.2, -0.15) is 0 Å². The van der Waals surface area contributed by atoms with Gasteiger partial charge in [-0.25, -0.2) is 4.98 Å². The summed E-state index contributed by atoms with van der Waals surface area (Å²) in [5.41, 5.74) is 8.90. The maximum Gasteiger partial charge on any atom is 0.132 e. The van der Waals surface area contributed by atoms with Crippen LogP contribution in [0, 0.1) is 6.92 Å². The monoisotopic (exact) mass is 241 g/mol. The van der Waals surface area contributed by atoms with Crippen molar-refractivity contribution in [2.24, 2.45) is 0 Å². The van der Waals surface area contributed by atoms with Gasteiger partial charge in [0, 0.05) is 24.2 Å². The normalized spacial score (nSPS) is 16.2. The Kier molecular flexibility index (Phi) is 2.82. The molecule has 94 valence electrons. The van der Waals surface area contributed by atoms with Gasteiger partial charge in [0.15, 0.2) is 0 Å². The Bertz CT molecular complexity index is 571. The highest BCUT2D eigenvalue weighted by atomic mass is 15.2. The van der Waals surface area contributed by atoms with Crippen molar-refractivity contribution in [3.8, 4) is 0 Å². The number of pyridine rings is 1. The van der Waals surface area contributed by atoms with Crippen molar-refractivity contribution in [3.05, 3.63) is 29.8 Å². The first-order valence-electron chi connectivity index (χ1n) is 6.66. The van der Waals surface area contributed by atoms with Gasteiger partial charge in [0.1, 0.15) is 5.82 Å². The lowest BCUT2D eigenvalue weighted by Crippen LogP contribution is -2.30. The summed E-state index contributed by atoms with van der Waals surface area (Å²) in [5.74, 6) is 1.15. The second-order valence-corrected chi connectivity index (χ2v) is 5.13. The van der Waals surface area contributed by atoms with Gasteiger partial charge >= 0.3 is 0 Å². The SMILES string of the molecule is Cc1cc2cc(N)ccc2nc1N1CCCCC1. The van der Waals surface area contributed by atoms with Crippen LogP contribution in [0.3, 0.4) is 0 Å². The molecule has 2 aromatic rings. The van der Waals surface area contributed by atoms with Crippen LogP contribution in [-0.2, 0) is 0 Å². The number of aryl methyl sites for hydroxylation is 1. The predicted molar refractivity (Wildman–Crippen MR) is 77.0 cm³/mol. The zero-order chi connectivity index (χ0) is 12.5. The topological polar surface area (TPSA) is 42.1 Å². The van der Waals surface area contributed by atoms with E-state index >= 15 is 0 Å². The highest BCUT2D eigenvalue weighted by Crippen LogP contribution is 2.26. The quantitative estimate of drug-likeness (QED) is 0.780. The van der Waals surface area contributed by atoms with E-state index in [1.165, 1.54) is 24.8 Å². The Hall–Kier alpha value is -1.77. The Morgan fingerprint density at radius 3 is 2.67 bits per heavy atom. The van der Waals surface area contributed by atoms with Crippen LogP contribution >= 0.6 is 0 Å². The van der Waals surface area contributed by atoms with Crippen LogP contribution in [0.2, 0.25) is 0 Å². The number of anilines is 2. The molecular weight excluding hydrogens is 222 g/mol. The average Bonchev–Trinajstić information content (AvgIpc) is 2.39. The summed E-state index contributed by atoms with van der Waals surface area (Å²) in [6, 6.07) is 8.13. The molecule has 3 nitrogen and oxygen atoms in total. The molecular formula is C15H19N3. The fourth-order valence-corrected chi connectivity index (χ4v) is 2.72. The fourth-order valence-electron chi connectivity index (χ4n) is 2.72. The number of nitrogens with two attached hydrogens (primary N) is 1. The van der Waals surface area contributed by atoms with E-state index in [2.05, 4.69) is 17.9 Å². The van der Waals surface area contributed by atoms with Crippen LogP contribution in [0.4, 0.5) is 11.5 Å². The van der Waals surface area contributed by atoms with Gasteiger partial charge in [0.05, 0.1) is 5.52 Å². The van der Waals surface area contributed by atoms with Crippen molar-refractivity contribution in [3.63, 3.8) is 0 Å². The van der Waals surface area contributed by atoms with E-state index in [4.69, 9.17) is 10.7 Å². The summed E-state index contributed by atoms with van der Waals surface area (Å²) in [5, 5.41) is 1.13. The van der Waals surface area contributed by atoms with Gasteiger partial charge in [-0.3, -0.25) is 0 Å². The molecule has 18 heavy (non-hydrogen) atoms. The number of aromatic nitrogens is 1. The molecule has 1 aromatic carbocycles. The lowest BCUT2D eigenvalue weighted by molar-refractivity contribution is 0.573. The molecule has 1 fully saturated rings. The number of nitrogens with zero attached hydrogens (tertiary/aromatic N) is 2. The molecule has 3 heteroatoms. The molecule has 1 aromatic heterocycles. The maximum atomic E-state index is 5.82. The molecule has 0 atom stereocenters. The zero-order valence-corrected chi connectivity index (χ0v) is 10.8. The number of hydrogen-bond acceptors (Lipinski definition) is 3. The summed E-state index contributed by atoms with van der Waals surface area (Å²) in [4.78, 5) is 7.22. The van der Waals surface area contributed by atoms with Crippen molar-refractivity contribution in [2.75, 3.05) is 23.7 Å². The van der Waals surface area contributed by atoms with Crippen molar-refractivity contribution in [1.82, 2.24) is 4.98 Å². The summed E-state index contributed by atoms with van der Waals surface area (Å²) in [7, 11) is 0. The lowest BCUT2D eigenvalue weighted by Gasteiger charge is -2.29. The maximum absolute atomic E-state index is 5.82. The molecule has 0 aliphatic carbocycles. The number of rotatable bonds is 1. The molecule has 2 N–H and O–H groups in total. The third kappa shape index (κ3) is 2.01. The van der Waals surface area contributed by atoms with Crippen LogP contribution in [0.5, 0.6) is 0 Å². The molecule has 1 aliphatic rings. The number of fused-ring (bicyclic) bond motifs is 1. The molecule has 0 unspecified atom stereocenters. The van der Waals surface area contributed by atoms with Gasteiger partial charge in [-0.05, 0) is 56.0 Å². The van der Waals surface area contributed by atoms with Crippen molar-refractivity contribution >= 4 is 22.4 Å². The van der Waals surface area contributed by atoms with Crippen molar-refractivity contribution in [2.45, 2.75) is 26.2 Å². The van der Waals surface area contributed by atoms with E-state index in [9.17, 15) is 0 Å². The third-order valence-corrected chi connectivity index (χ3v) is 3.66. The molecule has 0 bridgehead atoms. The number of hydrogen-bond donors (Lipinski definition) is 1. The van der Waals surface area contributed by atoms with Crippen molar-refractivity contribution < 1.29 is 0 Å². The minimum absolute atomic E-state index is 0.800. The highest BCUT2D eigenvalue weighted by Gasteiger charge is 2.14. The van der Waals surface area contributed by atoms with Gasteiger partial charge in [0.25, 0.3) is 0 Å². The average molecular weight is 241 g/mol. The van der Waals surface area contributed by atoms with Crippen LogP contribution in [0.15, 0.2) is 24.3 Å². The number of piperidine rings is 1. The predicted octanol–water partition coefficient (Wildman–Crippen LogP) is 3.12. The number of benzene rings is 1. The van der Waals surface area contributed by atoms with E-state index in [0.717, 1.165) is 35.5 Å². The second kappa shape index (κ2) is 4.48. The molecule has 2 heterocycles. The summed E-state index contributed by atoms with van der Waals surface area (Å²) >= 11 is 0. The van der Waals surface area contributed by atoms with Gasteiger partial charge < -0.3 is 10.6 Å². The Labute approximate surface area is 108 Å². The zero-order valence-electron chi connectivity index (χ0n) is 10.8. The Morgan fingerprint density at radius 1 is 1.11 bits per heavy atom. The van der Waals surface area contributed by atoms with E-state index in [1.54, 1.807) is 0 Å². The van der Waals surface area contributed by atoms with Crippen LogP contribution < -0.4 is 10.6 Å². The first kappa shape index (κ1) is 11.3. The molecule has 1 saturated heterocycles. The van der Waals surface area contributed by atoms with Gasteiger partial charge in [0.2, 0.25) is 0 Å². The molecule has 3 rings (SSSR count). The number of nitrogen functional groups attached to an aromatic ring is 1. The highest BCUT2D eigenvalue weighted by molar-refractivity contribution is 5.84. The summed E-state index contributed by atoms with van der Waals surface area (Å²) in [6.45, 7) is 4.40. The lowest BCUT2D eigenvalue weighted by atomic mass is 10.1. The van der Waals surface area contributed by atoms with E-state index in [-0.39, 0.29) is 0 Å². The van der Waals surface area contributed by atoms with E-state index in [1.807, 2.05) is 18.2 Å². The Balaban J connectivity index is 2.06. The fraction of sp³-hybridized carbons (Fsp3) is 0.400. The van der Waals surface area contributed by atoms with E-state index in [0.29, 0.717) is 0 Å². The van der Waals surface area contributed by atoms with Crippen molar-refractivity contribution in [1.29, 1.82) is 0 Å². The molecule has 0 spiro atoms. The minimum Gasteiger partial charge on any atom is -0.399 e. The Morgan fingerprint density at radius 2 is 1.89 bits per heavy atom. The first-order valence-corrected chi connectivity index (χ1v) is 6.66. The summed E-state index contributed by atoms with van der Waals surface area (Å²) < 4.78 is 0. The van der Waals surface area contributed by atoms with Gasteiger partial charge in [-0.15, -0.1) is 0 Å². The molecule has 0 saturated carbocycles. The van der Waals surface area contributed by atoms with Gasteiger partial charge in [-0.1, -0.05) is 0 Å². The van der Waals surface area contributed by atoms with Crippen LogP contribution in [0.1, 0.15) is 24.8 Å². The largest absolute Gasteiger partial charge is 0.399 e. The molecule has 0 radical (unpaired) electrons.